The minimum Gasteiger partial charge on any atom is -0.331 e. The molecule has 27 heavy (non-hydrogen) atoms. The molecule has 0 unspecified atom stereocenters. The summed E-state index contributed by atoms with van der Waals surface area (Å²) in [7, 11) is 0. The van der Waals surface area contributed by atoms with E-state index in [0.29, 0.717) is 18.5 Å². The fourth-order valence-electron chi connectivity index (χ4n) is 3.30. The number of benzene rings is 2. The summed E-state index contributed by atoms with van der Waals surface area (Å²) in [5, 5.41) is 0.261. The van der Waals surface area contributed by atoms with Crippen molar-refractivity contribution in [1.82, 2.24) is 9.80 Å². The normalized spacial score (nSPS) is 17.6. The molecule has 2 aromatic carbocycles. The third-order valence-electron chi connectivity index (χ3n) is 5.00. The zero-order valence-corrected chi connectivity index (χ0v) is 16.2. The van der Waals surface area contributed by atoms with Gasteiger partial charge in [0.2, 0.25) is 11.8 Å². The molecule has 0 N–H and O–H groups in total. The summed E-state index contributed by atoms with van der Waals surface area (Å²) in [6, 6.07) is 12.4. The molecule has 3 rings (SSSR count). The summed E-state index contributed by atoms with van der Waals surface area (Å²) in [6.45, 7) is 3.79. The molecule has 1 fully saturated rings. The molecule has 0 spiro atoms. The Hall–Kier alpha value is -2.40. The van der Waals surface area contributed by atoms with Gasteiger partial charge in [-0.25, -0.2) is 4.39 Å². The molecule has 0 bridgehead atoms. The van der Waals surface area contributed by atoms with Gasteiger partial charge in [0.05, 0.1) is 13.1 Å². The van der Waals surface area contributed by atoms with E-state index in [-0.39, 0.29) is 35.5 Å². The summed E-state index contributed by atoms with van der Waals surface area (Å²) in [4.78, 5) is 28.4. The van der Waals surface area contributed by atoms with Crippen molar-refractivity contribution < 1.29 is 14.0 Å². The molecular weight excluding hydrogens is 367 g/mol. The zero-order valence-electron chi connectivity index (χ0n) is 15.4. The molecule has 6 heteroatoms. The van der Waals surface area contributed by atoms with Gasteiger partial charge in [0, 0.05) is 17.1 Å². The summed E-state index contributed by atoms with van der Waals surface area (Å²) in [5.41, 5.74) is 1.83. The standard InChI is InChI=1S/C21H22ClFN2O2/c1-14-8-9-18(22)17(20(14)23)12-25-15(2)21(27)24(13-19(25)26)11-10-16-6-4-3-5-7-16/h3-9,15H,10-13H2,1-2H3/t15-/m0/s1. The molecule has 4 nitrogen and oxygen atoms in total. The Balaban J connectivity index is 1.71. The molecule has 0 aliphatic carbocycles. The van der Waals surface area contributed by atoms with E-state index < -0.39 is 11.9 Å². The molecular formula is C21H22ClFN2O2. The highest BCUT2D eigenvalue weighted by Crippen LogP contribution is 2.26. The number of nitrogens with zero attached hydrogens (tertiary/aromatic N) is 2. The van der Waals surface area contributed by atoms with Gasteiger partial charge in [0.1, 0.15) is 11.9 Å². The Bertz CT molecular complexity index is 857. The van der Waals surface area contributed by atoms with Gasteiger partial charge in [-0.05, 0) is 37.5 Å². The maximum Gasteiger partial charge on any atom is 0.245 e. The van der Waals surface area contributed by atoms with Gasteiger partial charge in [-0.3, -0.25) is 9.59 Å². The third kappa shape index (κ3) is 4.14. The summed E-state index contributed by atoms with van der Waals surface area (Å²) < 4.78 is 14.4. The number of piperazine rings is 1. The number of rotatable bonds is 5. The van der Waals surface area contributed by atoms with Crippen LogP contribution in [0.4, 0.5) is 4.39 Å². The van der Waals surface area contributed by atoms with Crippen molar-refractivity contribution in [2.75, 3.05) is 13.1 Å². The molecule has 0 radical (unpaired) electrons. The largest absolute Gasteiger partial charge is 0.331 e. The Morgan fingerprint density at radius 1 is 1.15 bits per heavy atom. The highest BCUT2D eigenvalue weighted by molar-refractivity contribution is 6.31. The van der Waals surface area contributed by atoms with Crippen molar-refractivity contribution in [2.24, 2.45) is 0 Å². The van der Waals surface area contributed by atoms with Crippen molar-refractivity contribution in [1.29, 1.82) is 0 Å². The SMILES string of the molecule is Cc1ccc(Cl)c(CN2C(=O)CN(CCc3ccccc3)C(=O)[C@@H]2C)c1F. The third-order valence-corrected chi connectivity index (χ3v) is 5.36. The molecule has 1 heterocycles. The molecule has 1 aliphatic heterocycles. The lowest BCUT2D eigenvalue weighted by atomic mass is 10.1. The first-order valence-electron chi connectivity index (χ1n) is 8.94. The minimum absolute atomic E-state index is 0.00105. The van der Waals surface area contributed by atoms with Crippen LogP contribution in [-0.2, 0) is 22.6 Å². The van der Waals surface area contributed by atoms with Gasteiger partial charge < -0.3 is 9.80 Å². The van der Waals surface area contributed by atoms with Crippen molar-refractivity contribution in [3.05, 3.63) is 70.0 Å². The topological polar surface area (TPSA) is 40.6 Å². The second-order valence-electron chi connectivity index (χ2n) is 6.85. The van der Waals surface area contributed by atoms with Crippen LogP contribution in [0.5, 0.6) is 0 Å². The maximum atomic E-state index is 14.4. The molecule has 1 saturated heterocycles. The van der Waals surface area contributed by atoms with Crippen LogP contribution in [0.25, 0.3) is 0 Å². The van der Waals surface area contributed by atoms with Crippen molar-refractivity contribution in [2.45, 2.75) is 32.9 Å². The van der Waals surface area contributed by atoms with Gasteiger partial charge in [0.25, 0.3) is 0 Å². The highest BCUT2D eigenvalue weighted by atomic mass is 35.5. The van der Waals surface area contributed by atoms with Gasteiger partial charge in [0.15, 0.2) is 0 Å². The van der Waals surface area contributed by atoms with E-state index in [9.17, 15) is 14.0 Å². The van der Waals surface area contributed by atoms with Crippen LogP contribution in [0.15, 0.2) is 42.5 Å². The average molecular weight is 389 g/mol. The van der Waals surface area contributed by atoms with E-state index >= 15 is 0 Å². The first-order valence-corrected chi connectivity index (χ1v) is 9.32. The number of carbonyl (C=O) groups is 2. The number of halogens is 2. The summed E-state index contributed by atoms with van der Waals surface area (Å²) in [6.07, 6.45) is 0.685. The van der Waals surface area contributed by atoms with E-state index in [0.717, 1.165) is 5.56 Å². The van der Waals surface area contributed by atoms with Crippen LogP contribution >= 0.6 is 11.6 Å². The van der Waals surface area contributed by atoms with Crippen LogP contribution < -0.4 is 0 Å². The number of carbonyl (C=O) groups excluding carboxylic acids is 2. The zero-order chi connectivity index (χ0) is 19.6. The van der Waals surface area contributed by atoms with Crippen molar-refractivity contribution in [3.8, 4) is 0 Å². The van der Waals surface area contributed by atoms with Crippen LogP contribution in [0.2, 0.25) is 5.02 Å². The molecule has 1 atom stereocenters. The molecule has 1 aliphatic rings. The van der Waals surface area contributed by atoms with E-state index in [4.69, 9.17) is 11.6 Å². The van der Waals surface area contributed by atoms with Crippen LogP contribution in [0, 0.1) is 12.7 Å². The van der Waals surface area contributed by atoms with Crippen LogP contribution in [0.3, 0.4) is 0 Å². The molecule has 2 aromatic rings. The average Bonchev–Trinajstić information content (AvgIpc) is 2.67. The van der Waals surface area contributed by atoms with E-state index in [1.165, 1.54) is 4.90 Å². The maximum absolute atomic E-state index is 14.4. The van der Waals surface area contributed by atoms with Gasteiger partial charge >= 0.3 is 0 Å². The Morgan fingerprint density at radius 2 is 1.85 bits per heavy atom. The summed E-state index contributed by atoms with van der Waals surface area (Å²) in [5.74, 6) is -0.761. The smallest absolute Gasteiger partial charge is 0.245 e. The van der Waals surface area contributed by atoms with E-state index in [1.54, 1.807) is 30.9 Å². The van der Waals surface area contributed by atoms with Gasteiger partial charge in [-0.1, -0.05) is 48.0 Å². The molecule has 142 valence electrons. The Kier molecular flexibility index (Phi) is 5.80. The molecule has 0 saturated carbocycles. The predicted octanol–water partition coefficient (Wildman–Crippen LogP) is 3.59. The van der Waals surface area contributed by atoms with Gasteiger partial charge in [-0.2, -0.15) is 0 Å². The van der Waals surface area contributed by atoms with Crippen molar-refractivity contribution in [3.63, 3.8) is 0 Å². The fourth-order valence-corrected chi connectivity index (χ4v) is 3.50. The first-order chi connectivity index (χ1) is 12.9. The summed E-state index contributed by atoms with van der Waals surface area (Å²) >= 11 is 6.13. The second kappa shape index (κ2) is 8.09. The Labute approximate surface area is 163 Å². The van der Waals surface area contributed by atoms with E-state index in [1.807, 2.05) is 30.3 Å². The molecule has 2 amide bonds. The second-order valence-corrected chi connectivity index (χ2v) is 7.26. The lowest BCUT2D eigenvalue weighted by Crippen LogP contribution is -2.58. The van der Waals surface area contributed by atoms with Crippen LogP contribution in [-0.4, -0.2) is 40.7 Å². The minimum atomic E-state index is -0.655. The van der Waals surface area contributed by atoms with E-state index in [2.05, 4.69) is 0 Å². The number of hydrogen-bond acceptors (Lipinski definition) is 2. The number of hydrogen-bond donors (Lipinski definition) is 0. The molecule has 0 aromatic heterocycles. The lowest BCUT2D eigenvalue weighted by Gasteiger charge is -2.39. The van der Waals surface area contributed by atoms with Crippen LogP contribution in [0.1, 0.15) is 23.6 Å². The quantitative estimate of drug-likeness (QED) is 0.785. The number of aryl methyl sites for hydroxylation is 1. The predicted molar refractivity (Wildman–Crippen MR) is 103 cm³/mol. The first kappa shape index (κ1) is 19.4. The van der Waals surface area contributed by atoms with Crippen molar-refractivity contribution >= 4 is 23.4 Å². The monoisotopic (exact) mass is 388 g/mol. The number of amides is 2. The Morgan fingerprint density at radius 3 is 2.56 bits per heavy atom. The lowest BCUT2D eigenvalue weighted by molar-refractivity contribution is -0.155. The highest BCUT2D eigenvalue weighted by Gasteiger charge is 2.36. The van der Waals surface area contributed by atoms with Gasteiger partial charge in [-0.15, -0.1) is 0 Å². The fraction of sp³-hybridized carbons (Fsp3) is 0.333.